The van der Waals surface area contributed by atoms with Crippen LogP contribution in [0.25, 0.3) is 0 Å². The Morgan fingerprint density at radius 3 is 2.51 bits per heavy atom. The number of esters is 1. The van der Waals surface area contributed by atoms with Gasteiger partial charge in [-0.25, -0.2) is 9.59 Å². The Balaban J connectivity index is 0.00000812. The van der Waals surface area contributed by atoms with Crippen LogP contribution in [0.2, 0.25) is 5.02 Å². The number of nitrogens with one attached hydrogen (secondary N) is 1. The smallest absolute Gasteiger partial charge is 0.409 e. The first-order valence-corrected chi connectivity index (χ1v) is 21.7. The van der Waals surface area contributed by atoms with Crippen LogP contribution in [0.4, 0.5) is 10.5 Å². The number of allylic oxidation sites excluding steroid dienone is 3. The number of benzene rings is 1. The molecule has 3 amide bonds. The third kappa shape index (κ3) is 11.2. The van der Waals surface area contributed by atoms with E-state index in [9.17, 15) is 24.3 Å². The first-order valence-electron chi connectivity index (χ1n) is 18.7. The summed E-state index contributed by atoms with van der Waals surface area (Å²) in [6, 6.07) is 2.93. The van der Waals surface area contributed by atoms with Crippen LogP contribution < -0.4 is 10.2 Å². The van der Waals surface area contributed by atoms with Crippen LogP contribution in [0.3, 0.4) is 0 Å². The van der Waals surface area contributed by atoms with Gasteiger partial charge in [0.1, 0.15) is 29.6 Å². The second-order valence-corrected chi connectivity index (χ2v) is 18.8. The lowest BCUT2D eigenvalue weighted by Gasteiger charge is -2.41. The maximum atomic E-state index is 14.2. The topological polar surface area (TPSA) is 138 Å². The Kier molecular flexibility index (Phi) is 16.6. The lowest BCUT2D eigenvalue weighted by molar-refractivity contribution is -0.162. The number of rotatable bonds is 9. The maximum absolute atomic E-state index is 14.2. The number of halogens is 1. The average Bonchev–Trinajstić information content (AvgIpc) is 3.80. The summed E-state index contributed by atoms with van der Waals surface area (Å²) in [7, 11) is 6.64. The van der Waals surface area contributed by atoms with E-state index in [0.29, 0.717) is 34.7 Å². The van der Waals surface area contributed by atoms with Gasteiger partial charge < -0.3 is 29.1 Å². The number of hydrogen-bond acceptors (Lipinski definition) is 10. The predicted octanol–water partition coefficient (Wildman–Crippen LogP) is 7.36. The van der Waals surface area contributed by atoms with Gasteiger partial charge in [-0.2, -0.15) is 13.5 Å². The Morgan fingerprint density at radius 2 is 1.87 bits per heavy atom. The maximum Gasteiger partial charge on any atom is 0.409 e. The van der Waals surface area contributed by atoms with Crippen LogP contribution in [0.1, 0.15) is 85.3 Å². The number of hydrogen-bond donors (Lipinski definition) is 2. The Hall–Kier alpha value is -2.36. The summed E-state index contributed by atoms with van der Waals surface area (Å²) in [5.74, 6) is -1.74. The molecule has 15 heteroatoms. The molecule has 0 saturated carbocycles. The van der Waals surface area contributed by atoms with Crippen molar-refractivity contribution in [3.05, 3.63) is 52.1 Å². The van der Waals surface area contributed by atoms with E-state index in [0.717, 1.165) is 16.7 Å². The number of carbonyl (C=O) groups excluding carboxylic acids is 4. The zero-order chi connectivity index (χ0) is 40.3. The first kappa shape index (κ1) is 47.0. The summed E-state index contributed by atoms with van der Waals surface area (Å²) in [5.41, 5.74) is 0.555. The fraction of sp³-hybridized carbons (Fsp3) is 0.650. The van der Waals surface area contributed by atoms with Gasteiger partial charge in [0.2, 0.25) is 11.8 Å². The third-order valence-corrected chi connectivity index (χ3v) is 14.3. The van der Waals surface area contributed by atoms with Crippen LogP contribution in [0.5, 0.6) is 0 Å². The largest absolute Gasteiger partial charge is 0.457 e. The first-order chi connectivity index (χ1) is 25.2. The molecule has 4 bridgehead atoms. The van der Waals surface area contributed by atoms with Crippen molar-refractivity contribution in [2.75, 3.05) is 25.3 Å². The van der Waals surface area contributed by atoms with Gasteiger partial charge in [-0.3, -0.25) is 14.9 Å². The van der Waals surface area contributed by atoms with Crippen molar-refractivity contribution in [1.82, 2.24) is 10.2 Å². The quantitative estimate of drug-likeness (QED) is 0.147. The molecular weight excluding hydrogens is 782 g/mol. The number of fused-ring (bicyclic) bond motifs is 5. The molecule has 0 radical (unpaired) electrons. The molecule has 55 heavy (non-hydrogen) atoms. The summed E-state index contributed by atoms with van der Waals surface area (Å²) >= 11 is 6.79. The van der Waals surface area contributed by atoms with Crippen molar-refractivity contribution in [2.45, 2.75) is 128 Å². The molecule has 3 aliphatic rings. The van der Waals surface area contributed by atoms with Gasteiger partial charge in [0, 0.05) is 44.0 Å². The number of anilines is 1. The van der Waals surface area contributed by atoms with E-state index in [1.165, 1.54) is 9.80 Å². The van der Waals surface area contributed by atoms with Crippen molar-refractivity contribution < 1.29 is 38.5 Å². The second-order valence-electron chi connectivity index (χ2n) is 15.7. The van der Waals surface area contributed by atoms with E-state index < -0.39 is 59.6 Å². The molecule has 2 unspecified atom stereocenters. The number of alkyl carbamates (subject to hydrolysis) is 1. The molecule has 2 N–H and O–H groups in total. The molecule has 0 aliphatic carbocycles. The number of nitrogens with zero attached hydrogens (tertiary/aromatic N) is 2. The van der Waals surface area contributed by atoms with Gasteiger partial charge in [0.25, 0.3) is 0 Å². The van der Waals surface area contributed by atoms with E-state index in [-0.39, 0.29) is 44.6 Å². The molecule has 9 atom stereocenters. The molecule has 308 valence electrons. The summed E-state index contributed by atoms with van der Waals surface area (Å²) in [6.45, 7) is 15.2. The van der Waals surface area contributed by atoms with Crippen molar-refractivity contribution in [3.63, 3.8) is 0 Å². The van der Waals surface area contributed by atoms with Crippen LogP contribution in [0.15, 0.2) is 35.9 Å². The van der Waals surface area contributed by atoms with Crippen LogP contribution in [0, 0.1) is 24.7 Å². The Bertz CT molecular complexity index is 1640. The van der Waals surface area contributed by atoms with Gasteiger partial charge in [-0.15, -0.1) is 0 Å². The Labute approximate surface area is 346 Å². The number of carbonyl (C=O) groups is 4. The van der Waals surface area contributed by atoms with E-state index in [1.807, 2.05) is 64.3 Å². The number of aliphatic hydroxyl groups is 1. The number of epoxide rings is 1. The zero-order valence-electron chi connectivity index (χ0n) is 33.9. The van der Waals surface area contributed by atoms with Crippen molar-refractivity contribution in [1.29, 1.82) is 0 Å². The Morgan fingerprint density at radius 1 is 1.20 bits per heavy atom. The molecule has 1 aromatic rings. The van der Waals surface area contributed by atoms with Gasteiger partial charge in [-0.1, -0.05) is 90.8 Å². The average molecular weight is 843 g/mol. The lowest BCUT2D eigenvalue weighted by atomic mass is 9.82. The highest BCUT2D eigenvalue weighted by Crippen LogP contribution is 2.49. The van der Waals surface area contributed by atoms with Gasteiger partial charge in [0.15, 0.2) is 0 Å². The molecule has 2 saturated heterocycles. The van der Waals surface area contributed by atoms with E-state index >= 15 is 0 Å². The fourth-order valence-electron chi connectivity index (χ4n) is 7.22. The normalized spacial score (nSPS) is 31.1. The van der Waals surface area contributed by atoms with E-state index in [4.69, 9.17) is 25.8 Å². The van der Waals surface area contributed by atoms with Gasteiger partial charge in [0.05, 0.1) is 23.2 Å². The minimum Gasteiger partial charge on any atom is -0.457 e. The highest BCUT2D eigenvalue weighted by Gasteiger charge is 2.64. The van der Waals surface area contributed by atoms with Crippen LogP contribution in [-0.4, -0.2) is 95.2 Å². The summed E-state index contributed by atoms with van der Waals surface area (Å²) in [4.78, 5) is 57.0. The van der Waals surface area contributed by atoms with E-state index in [1.54, 1.807) is 49.5 Å². The molecule has 1 aromatic carbocycles. The fourth-order valence-corrected chi connectivity index (χ4v) is 9.83. The van der Waals surface area contributed by atoms with Crippen molar-refractivity contribution >= 4 is 76.2 Å². The molecule has 3 aliphatic heterocycles. The number of aryl methyl sites for hydroxylation is 1. The van der Waals surface area contributed by atoms with Gasteiger partial charge in [-0.05, 0) is 69.9 Å². The minimum atomic E-state index is -1.59. The SMILES string of the molecule is CSSC(CCC(=O)N(C)[C@@H](C)C(=O)OC1CC(=O)N(C)c2cc(cc(C)c2Cl)C/C(C)=C/C=C/[C@@H](C)[C@@]2(O)C[C@H](OC(=O)N2)[C@@H](C)[C@@H]2O[C@@]12C)C(C)C.S. The molecule has 4 rings (SSSR count). The van der Waals surface area contributed by atoms with Crippen molar-refractivity contribution in [3.8, 4) is 0 Å². The molecule has 0 aromatic heterocycles. The van der Waals surface area contributed by atoms with E-state index in [2.05, 4.69) is 19.2 Å². The molecular formula is C40H60ClN3O8S3. The standard InChI is InChI=1S/C40H58ClN3O8S2.H2S/c1-22(2)31(54-53-11)15-16-33(45)43(9)27(7)37(47)51-32-20-34(46)44(10)29-19-28(18-24(4)35(29)41)17-23(3)13-12-14-25(5)40(49)21-30(50-38(48)42-40)26(6)36-39(32,8)52-36;/h12-14,18-19,22,25-27,30-32,36,49H,15-17,20-21H2,1-11H3,(H,42,48);1H2/b14-12+,23-13+;/t25-,26-,27+,30+,31?,32?,36+,39+,40+;/m1./s1. The molecule has 2 fully saturated rings. The number of likely N-dealkylation sites (N-methyl/N-ethyl adjacent to an activating group) is 1. The molecule has 3 heterocycles. The number of ether oxygens (including phenoxy) is 3. The highest BCUT2D eigenvalue weighted by molar-refractivity contribution is 8.76. The third-order valence-electron chi connectivity index (χ3n) is 11.3. The minimum absolute atomic E-state index is 0. The molecule has 11 nitrogen and oxygen atoms in total. The monoisotopic (exact) mass is 841 g/mol. The van der Waals surface area contributed by atoms with Crippen LogP contribution in [-0.2, 0) is 35.0 Å². The van der Waals surface area contributed by atoms with Crippen LogP contribution >= 0.6 is 46.7 Å². The van der Waals surface area contributed by atoms with Gasteiger partial charge >= 0.3 is 12.1 Å². The second kappa shape index (κ2) is 19.4. The summed E-state index contributed by atoms with van der Waals surface area (Å²) in [5, 5.41) is 15.0. The summed E-state index contributed by atoms with van der Waals surface area (Å²) in [6.07, 6.45) is 5.88. The zero-order valence-corrected chi connectivity index (χ0v) is 37.3. The highest BCUT2D eigenvalue weighted by atomic mass is 35.5. The predicted molar refractivity (Wildman–Crippen MR) is 227 cm³/mol. The lowest BCUT2D eigenvalue weighted by Crippen LogP contribution is -2.60. The van der Waals surface area contributed by atoms with Crippen molar-refractivity contribution in [2.24, 2.45) is 17.8 Å². The number of amides is 3. The molecule has 0 spiro atoms. The summed E-state index contributed by atoms with van der Waals surface area (Å²) < 4.78 is 18.2.